The maximum Gasteiger partial charge on any atom is 0.144 e. The van der Waals surface area contributed by atoms with Crippen LogP contribution < -0.4 is 4.90 Å². The lowest BCUT2D eigenvalue weighted by Gasteiger charge is -2.34. The van der Waals surface area contributed by atoms with Gasteiger partial charge in [-0.15, -0.1) is 0 Å². The molecule has 0 saturated carbocycles. The Balaban J connectivity index is 2.33. The zero-order valence-corrected chi connectivity index (χ0v) is 11.7. The van der Waals surface area contributed by atoms with E-state index >= 15 is 0 Å². The van der Waals surface area contributed by atoms with Gasteiger partial charge in [0.15, 0.2) is 0 Å². The molecule has 0 spiro atoms. The molecule has 18 heavy (non-hydrogen) atoms. The van der Waals surface area contributed by atoms with Crippen molar-refractivity contribution in [1.29, 1.82) is 0 Å². The number of halogens is 2. The van der Waals surface area contributed by atoms with Crippen molar-refractivity contribution in [3.63, 3.8) is 0 Å². The summed E-state index contributed by atoms with van der Waals surface area (Å²) in [4.78, 5) is 13.0. The smallest absolute Gasteiger partial charge is 0.144 e. The third-order valence-electron chi connectivity index (χ3n) is 3.02. The van der Waals surface area contributed by atoms with Crippen molar-refractivity contribution in [2.24, 2.45) is 0 Å². The Kier molecular flexibility index (Phi) is 4.35. The SMILES string of the molecule is CC(Br)c1cc(F)cc(N2CCOCC2C=O)c1. The molecule has 0 radical (unpaired) electrons. The second kappa shape index (κ2) is 5.80. The van der Waals surface area contributed by atoms with Gasteiger partial charge >= 0.3 is 0 Å². The highest BCUT2D eigenvalue weighted by Gasteiger charge is 2.23. The molecule has 0 aliphatic carbocycles. The standard InChI is InChI=1S/C13H15BrFNO2/c1-9(14)10-4-11(15)6-12(5-10)16-2-3-18-8-13(16)7-17/h4-7,9,13H,2-3,8H2,1H3. The van der Waals surface area contributed by atoms with E-state index in [2.05, 4.69) is 15.9 Å². The highest BCUT2D eigenvalue weighted by molar-refractivity contribution is 9.09. The fourth-order valence-corrected chi connectivity index (χ4v) is 2.31. The quantitative estimate of drug-likeness (QED) is 0.634. The Labute approximate surface area is 114 Å². The first-order valence-electron chi connectivity index (χ1n) is 5.86. The van der Waals surface area contributed by atoms with Crippen molar-refractivity contribution in [2.45, 2.75) is 17.8 Å². The fraction of sp³-hybridized carbons (Fsp3) is 0.462. The van der Waals surface area contributed by atoms with E-state index in [1.54, 1.807) is 0 Å². The van der Waals surface area contributed by atoms with Crippen LogP contribution in [0.3, 0.4) is 0 Å². The Bertz CT molecular complexity index is 439. The Morgan fingerprint density at radius 3 is 3.00 bits per heavy atom. The van der Waals surface area contributed by atoms with Crippen LogP contribution in [-0.2, 0) is 9.53 Å². The molecule has 3 nitrogen and oxygen atoms in total. The van der Waals surface area contributed by atoms with Gasteiger partial charge in [-0.2, -0.15) is 0 Å². The number of carbonyl (C=O) groups is 1. The summed E-state index contributed by atoms with van der Waals surface area (Å²) in [6, 6.07) is 4.53. The average Bonchev–Trinajstić information content (AvgIpc) is 2.38. The van der Waals surface area contributed by atoms with Crippen LogP contribution >= 0.6 is 15.9 Å². The maximum absolute atomic E-state index is 13.6. The van der Waals surface area contributed by atoms with Gasteiger partial charge in [-0.25, -0.2) is 4.39 Å². The zero-order chi connectivity index (χ0) is 13.1. The second-order valence-electron chi connectivity index (χ2n) is 4.33. The van der Waals surface area contributed by atoms with Crippen LogP contribution in [0.2, 0.25) is 0 Å². The molecule has 98 valence electrons. The van der Waals surface area contributed by atoms with Gasteiger partial charge in [0.2, 0.25) is 0 Å². The number of aldehydes is 1. The maximum atomic E-state index is 13.6. The molecule has 1 fully saturated rings. The van der Waals surface area contributed by atoms with E-state index in [-0.39, 0.29) is 16.7 Å². The van der Waals surface area contributed by atoms with Gasteiger partial charge in [0, 0.05) is 17.1 Å². The minimum Gasteiger partial charge on any atom is -0.377 e. The Morgan fingerprint density at radius 1 is 1.56 bits per heavy atom. The molecular formula is C13H15BrFNO2. The molecule has 1 aliphatic rings. The molecular weight excluding hydrogens is 301 g/mol. The first kappa shape index (κ1) is 13.5. The highest BCUT2D eigenvalue weighted by atomic mass is 79.9. The summed E-state index contributed by atoms with van der Waals surface area (Å²) in [5.74, 6) is -0.287. The molecule has 0 N–H and O–H groups in total. The molecule has 1 aliphatic heterocycles. The first-order chi connectivity index (χ1) is 8.61. The van der Waals surface area contributed by atoms with Crippen molar-refractivity contribution in [1.82, 2.24) is 0 Å². The average molecular weight is 316 g/mol. The van der Waals surface area contributed by atoms with Crippen LogP contribution in [0.5, 0.6) is 0 Å². The summed E-state index contributed by atoms with van der Waals surface area (Å²) in [7, 11) is 0. The topological polar surface area (TPSA) is 29.5 Å². The van der Waals surface area contributed by atoms with Crippen LogP contribution in [0.1, 0.15) is 17.3 Å². The summed E-state index contributed by atoms with van der Waals surface area (Å²) in [5.41, 5.74) is 1.60. The minimum absolute atomic E-state index is 0.0719. The molecule has 5 heteroatoms. The fourth-order valence-electron chi connectivity index (χ4n) is 2.05. The molecule has 0 bridgehead atoms. The van der Waals surface area contributed by atoms with Crippen LogP contribution in [0, 0.1) is 5.82 Å². The highest BCUT2D eigenvalue weighted by Crippen LogP contribution is 2.28. The third kappa shape index (κ3) is 2.90. The first-order valence-corrected chi connectivity index (χ1v) is 6.77. The zero-order valence-electron chi connectivity index (χ0n) is 10.1. The summed E-state index contributed by atoms with van der Waals surface area (Å²) in [6.45, 7) is 3.46. The van der Waals surface area contributed by atoms with Crippen molar-refractivity contribution >= 4 is 27.9 Å². The summed E-state index contributed by atoms with van der Waals surface area (Å²) < 4.78 is 18.9. The van der Waals surface area contributed by atoms with Gasteiger partial charge in [0.05, 0.1) is 13.2 Å². The number of carbonyl (C=O) groups excluding carboxylic acids is 1. The monoisotopic (exact) mass is 315 g/mol. The number of benzene rings is 1. The number of morpholine rings is 1. The minimum atomic E-state index is -0.334. The van der Waals surface area contributed by atoms with E-state index in [0.717, 1.165) is 17.5 Å². The van der Waals surface area contributed by atoms with Crippen LogP contribution in [0.25, 0.3) is 0 Å². The van der Waals surface area contributed by atoms with E-state index < -0.39 is 0 Å². The normalized spacial score (nSPS) is 21.7. The lowest BCUT2D eigenvalue weighted by molar-refractivity contribution is -0.111. The molecule has 2 atom stereocenters. The van der Waals surface area contributed by atoms with Crippen molar-refractivity contribution < 1.29 is 13.9 Å². The summed E-state index contributed by atoms with van der Waals surface area (Å²) in [6.07, 6.45) is 0.849. The molecule has 0 aromatic heterocycles. The van der Waals surface area contributed by atoms with Crippen LogP contribution in [0.4, 0.5) is 10.1 Å². The molecule has 2 rings (SSSR count). The van der Waals surface area contributed by atoms with Gasteiger partial charge in [0.25, 0.3) is 0 Å². The number of alkyl halides is 1. The van der Waals surface area contributed by atoms with Gasteiger partial charge in [-0.1, -0.05) is 15.9 Å². The molecule has 1 aromatic carbocycles. The summed E-state index contributed by atoms with van der Waals surface area (Å²) in [5, 5.41) is 0. The van der Waals surface area contributed by atoms with Gasteiger partial charge in [-0.3, -0.25) is 0 Å². The van der Waals surface area contributed by atoms with Gasteiger partial charge in [-0.05, 0) is 30.7 Å². The molecule has 2 unspecified atom stereocenters. The van der Waals surface area contributed by atoms with Crippen molar-refractivity contribution in [3.05, 3.63) is 29.6 Å². The Morgan fingerprint density at radius 2 is 2.33 bits per heavy atom. The lowest BCUT2D eigenvalue weighted by Crippen LogP contribution is -2.46. The number of hydrogen-bond acceptors (Lipinski definition) is 3. The number of rotatable bonds is 3. The Hall–Kier alpha value is -0.940. The van der Waals surface area contributed by atoms with E-state index in [9.17, 15) is 9.18 Å². The van der Waals surface area contributed by atoms with Crippen molar-refractivity contribution in [2.75, 3.05) is 24.7 Å². The van der Waals surface area contributed by atoms with Crippen molar-refractivity contribution in [3.8, 4) is 0 Å². The van der Waals surface area contributed by atoms with E-state index in [1.165, 1.54) is 12.1 Å². The number of ether oxygens (including phenoxy) is 1. The van der Waals surface area contributed by atoms with Gasteiger partial charge in [0.1, 0.15) is 18.1 Å². The van der Waals surface area contributed by atoms with Gasteiger partial charge < -0.3 is 14.4 Å². The molecule has 1 saturated heterocycles. The number of hydrogen-bond donors (Lipinski definition) is 0. The van der Waals surface area contributed by atoms with Crippen LogP contribution in [0.15, 0.2) is 18.2 Å². The second-order valence-corrected chi connectivity index (χ2v) is 5.70. The van der Waals surface area contributed by atoms with E-state index in [0.29, 0.717) is 19.8 Å². The van der Waals surface area contributed by atoms with E-state index in [4.69, 9.17) is 4.74 Å². The number of anilines is 1. The predicted octanol–water partition coefficient (Wildman–Crippen LogP) is 2.69. The number of nitrogens with zero attached hydrogens (tertiary/aromatic N) is 1. The third-order valence-corrected chi connectivity index (χ3v) is 3.55. The largest absolute Gasteiger partial charge is 0.377 e. The summed E-state index contributed by atoms with van der Waals surface area (Å²) >= 11 is 3.43. The molecule has 1 heterocycles. The lowest BCUT2D eigenvalue weighted by atomic mass is 10.1. The molecule has 1 aromatic rings. The predicted molar refractivity (Wildman–Crippen MR) is 71.8 cm³/mol. The molecule has 0 amide bonds. The van der Waals surface area contributed by atoms with Crippen LogP contribution in [-0.4, -0.2) is 32.1 Å². The van der Waals surface area contributed by atoms with E-state index in [1.807, 2.05) is 17.9 Å².